The van der Waals surface area contributed by atoms with Crippen molar-refractivity contribution < 1.29 is 9.53 Å². The van der Waals surface area contributed by atoms with Crippen molar-refractivity contribution in [3.05, 3.63) is 63.6 Å². The molecule has 0 amide bonds. The number of ether oxygens (including phenoxy) is 1. The first-order chi connectivity index (χ1) is 10.1. The van der Waals surface area contributed by atoms with Crippen molar-refractivity contribution in [3.63, 3.8) is 0 Å². The van der Waals surface area contributed by atoms with E-state index in [0.29, 0.717) is 11.6 Å². The molecule has 0 spiro atoms. The van der Waals surface area contributed by atoms with Crippen LogP contribution < -0.4 is 5.32 Å². The fourth-order valence-electron chi connectivity index (χ4n) is 1.93. The molecule has 2 aromatic rings. The minimum Gasteiger partial charge on any atom is -0.464 e. The van der Waals surface area contributed by atoms with E-state index in [1.54, 1.807) is 19.1 Å². The smallest absolute Gasteiger partial charge is 0.333 e. The van der Waals surface area contributed by atoms with E-state index in [4.69, 9.17) is 16.3 Å². The molecule has 2 aromatic carbocycles. The summed E-state index contributed by atoms with van der Waals surface area (Å²) >= 11 is 9.40. The lowest BCUT2D eigenvalue weighted by atomic mass is 10.1. The van der Waals surface area contributed by atoms with Crippen molar-refractivity contribution in [2.45, 2.75) is 13.0 Å². The van der Waals surface area contributed by atoms with E-state index in [1.807, 2.05) is 36.4 Å². The van der Waals surface area contributed by atoms with Crippen molar-refractivity contribution in [1.29, 1.82) is 0 Å². The average Bonchev–Trinajstić information content (AvgIpc) is 2.47. The first kappa shape index (κ1) is 15.9. The van der Waals surface area contributed by atoms with Crippen LogP contribution in [0.4, 0.5) is 5.69 Å². The van der Waals surface area contributed by atoms with Gasteiger partial charge in [0, 0.05) is 15.2 Å². The number of hydrogen-bond donors (Lipinski definition) is 1. The molecule has 1 atom stereocenters. The Balaban J connectivity index is 2.33. The number of carbonyl (C=O) groups is 1. The van der Waals surface area contributed by atoms with E-state index < -0.39 is 6.04 Å². The molecule has 5 heteroatoms. The third-order valence-corrected chi connectivity index (χ3v) is 3.80. The normalized spacial score (nSPS) is 11.8. The van der Waals surface area contributed by atoms with Crippen LogP contribution in [0.15, 0.2) is 53.0 Å². The van der Waals surface area contributed by atoms with Gasteiger partial charge in [0.15, 0.2) is 6.04 Å². The molecule has 0 aliphatic heterocycles. The van der Waals surface area contributed by atoms with E-state index in [-0.39, 0.29) is 5.97 Å². The van der Waals surface area contributed by atoms with Crippen LogP contribution in [0.2, 0.25) is 5.02 Å². The highest BCUT2D eigenvalue weighted by atomic mass is 79.9. The Morgan fingerprint density at radius 3 is 2.62 bits per heavy atom. The fraction of sp³-hybridized carbons (Fsp3) is 0.188. The molecule has 0 aliphatic rings. The number of benzene rings is 2. The third kappa shape index (κ3) is 4.22. The van der Waals surface area contributed by atoms with Crippen LogP contribution in [0.3, 0.4) is 0 Å². The quantitative estimate of drug-likeness (QED) is 0.769. The summed E-state index contributed by atoms with van der Waals surface area (Å²) in [6, 6.07) is 14.2. The molecule has 110 valence electrons. The van der Waals surface area contributed by atoms with Gasteiger partial charge in [0.25, 0.3) is 0 Å². The van der Waals surface area contributed by atoms with E-state index in [2.05, 4.69) is 21.2 Å². The molecule has 0 saturated carbocycles. The minimum atomic E-state index is -0.598. The van der Waals surface area contributed by atoms with Gasteiger partial charge < -0.3 is 10.1 Å². The molecular weight excluding hydrogens is 354 g/mol. The molecular formula is C16H15BrClNO2. The molecule has 0 saturated heterocycles. The molecule has 3 nitrogen and oxygen atoms in total. The summed E-state index contributed by atoms with van der Waals surface area (Å²) in [4.78, 5) is 12.2. The topological polar surface area (TPSA) is 38.3 Å². The lowest BCUT2D eigenvalue weighted by molar-refractivity contribution is -0.144. The van der Waals surface area contributed by atoms with E-state index in [0.717, 1.165) is 15.7 Å². The number of para-hydroxylation sites is 1. The fourth-order valence-corrected chi connectivity index (χ4v) is 2.84. The van der Waals surface area contributed by atoms with E-state index in [1.165, 1.54) is 0 Å². The molecule has 21 heavy (non-hydrogen) atoms. The Morgan fingerprint density at radius 2 is 2.00 bits per heavy atom. The summed E-state index contributed by atoms with van der Waals surface area (Å²) in [7, 11) is 0. The van der Waals surface area contributed by atoms with Crippen molar-refractivity contribution in [2.75, 3.05) is 11.9 Å². The highest BCUT2D eigenvalue weighted by Crippen LogP contribution is 2.30. The maximum atomic E-state index is 12.2. The Morgan fingerprint density at radius 1 is 1.29 bits per heavy atom. The number of carbonyl (C=O) groups excluding carboxylic acids is 1. The molecule has 1 N–H and O–H groups in total. The summed E-state index contributed by atoms with van der Waals surface area (Å²) in [5, 5.41) is 3.80. The Hall–Kier alpha value is -1.52. The second-order valence-corrected chi connectivity index (χ2v) is 5.65. The lowest BCUT2D eigenvalue weighted by Crippen LogP contribution is -2.23. The zero-order valence-electron chi connectivity index (χ0n) is 11.5. The second kappa shape index (κ2) is 7.48. The molecule has 0 aliphatic carbocycles. The predicted octanol–water partition coefficient (Wildman–Crippen LogP) is 4.82. The van der Waals surface area contributed by atoms with Gasteiger partial charge in [-0.3, -0.25) is 0 Å². The van der Waals surface area contributed by atoms with Gasteiger partial charge in [-0.2, -0.15) is 0 Å². The SMILES string of the molecule is CCOC(=O)C(Nc1ccccc1)c1ccc(Cl)cc1Br. The van der Waals surface area contributed by atoms with Crippen LogP contribution in [-0.4, -0.2) is 12.6 Å². The van der Waals surface area contributed by atoms with Crippen LogP contribution in [0.1, 0.15) is 18.5 Å². The summed E-state index contributed by atoms with van der Waals surface area (Å²) in [5.74, 6) is -0.329. The van der Waals surface area contributed by atoms with E-state index >= 15 is 0 Å². The zero-order valence-corrected chi connectivity index (χ0v) is 13.8. The standard InChI is InChI=1S/C16H15BrClNO2/c1-2-21-16(20)15(19-12-6-4-3-5-7-12)13-9-8-11(18)10-14(13)17/h3-10,15,19H,2H2,1H3. The minimum absolute atomic E-state index is 0.329. The number of nitrogens with one attached hydrogen (secondary N) is 1. The number of anilines is 1. The zero-order chi connectivity index (χ0) is 15.2. The highest BCUT2D eigenvalue weighted by molar-refractivity contribution is 9.10. The second-order valence-electron chi connectivity index (χ2n) is 4.36. The van der Waals surface area contributed by atoms with Crippen LogP contribution in [0.25, 0.3) is 0 Å². The summed E-state index contributed by atoms with van der Waals surface area (Å²) < 4.78 is 5.92. The molecule has 0 bridgehead atoms. The van der Waals surface area contributed by atoms with Crippen molar-refractivity contribution >= 4 is 39.2 Å². The largest absolute Gasteiger partial charge is 0.464 e. The van der Waals surface area contributed by atoms with Gasteiger partial charge >= 0.3 is 5.97 Å². The van der Waals surface area contributed by atoms with Crippen LogP contribution in [0, 0.1) is 0 Å². The van der Waals surface area contributed by atoms with Crippen LogP contribution in [0.5, 0.6) is 0 Å². The first-order valence-electron chi connectivity index (χ1n) is 6.55. The van der Waals surface area contributed by atoms with Crippen molar-refractivity contribution in [2.24, 2.45) is 0 Å². The molecule has 2 rings (SSSR count). The van der Waals surface area contributed by atoms with E-state index in [9.17, 15) is 4.79 Å². The number of hydrogen-bond acceptors (Lipinski definition) is 3. The van der Waals surface area contributed by atoms with Gasteiger partial charge in [0.2, 0.25) is 0 Å². The molecule has 0 radical (unpaired) electrons. The van der Waals surface area contributed by atoms with Crippen LogP contribution >= 0.6 is 27.5 Å². The molecule has 0 fully saturated rings. The molecule has 0 aromatic heterocycles. The molecule has 1 unspecified atom stereocenters. The lowest BCUT2D eigenvalue weighted by Gasteiger charge is -2.20. The Kier molecular flexibility index (Phi) is 5.65. The molecule has 0 heterocycles. The maximum absolute atomic E-state index is 12.2. The van der Waals surface area contributed by atoms with Crippen LogP contribution in [-0.2, 0) is 9.53 Å². The Labute approximate surface area is 137 Å². The van der Waals surface area contributed by atoms with Gasteiger partial charge in [-0.15, -0.1) is 0 Å². The Bertz CT molecular complexity index is 619. The first-order valence-corrected chi connectivity index (χ1v) is 7.72. The monoisotopic (exact) mass is 367 g/mol. The van der Waals surface area contributed by atoms with Gasteiger partial charge in [-0.1, -0.05) is 51.8 Å². The third-order valence-electron chi connectivity index (χ3n) is 2.88. The van der Waals surface area contributed by atoms with Crippen molar-refractivity contribution in [3.8, 4) is 0 Å². The van der Waals surface area contributed by atoms with Gasteiger partial charge in [0.1, 0.15) is 0 Å². The highest BCUT2D eigenvalue weighted by Gasteiger charge is 2.24. The number of esters is 1. The number of rotatable bonds is 5. The van der Waals surface area contributed by atoms with Gasteiger partial charge in [0.05, 0.1) is 6.61 Å². The summed E-state index contributed by atoms with van der Waals surface area (Å²) in [6.45, 7) is 2.12. The van der Waals surface area contributed by atoms with Gasteiger partial charge in [-0.25, -0.2) is 4.79 Å². The maximum Gasteiger partial charge on any atom is 0.333 e. The van der Waals surface area contributed by atoms with Gasteiger partial charge in [-0.05, 0) is 36.8 Å². The van der Waals surface area contributed by atoms with Crippen molar-refractivity contribution in [1.82, 2.24) is 0 Å². The summed E-state index contributed by atoms with van der Waals surface area (Å²) in [5.41, 5.74) is 1.62. The average molecular weight is 369 g/mol. The summed E-state index contributed by atoms with van der Waals surface area (Å²) in [6.07, 6.45) is 0. The predicted molar refractivity (Wildman–Crippen MR) is 88.6 cm³/mol. The number of halogens is 2.